The summed E-state index contributed by atoms with van der Waals surface area (Å²) in [6.45, 7) is 4.08. The van der Waals surface area contributed by atoms with Crippen molar-refractivity contribution in [3.63, 3.8) is 0 Å². The molecule has 0 radical (unpaired) electrons. The van der Waals surface area contributed by atoms with E-state index >= 15 is 0 Å². The number of carbonyl (C=O) groups is 1. The zero-order valence-electron chi connectivity index (χ0n) is 9.25. The van der Waals surface area contributed by atoms with Gasteiger partial charge in [0, 0.05) is 12.2 Å². The van der Waals surface area contributed by atoms with Crippen LogP contribution in [-0.2, 0) is 9.53 Å². The lowest BCUT2D eigenvalue weighted by Crippen LogP contribution is -2.02. The van der Waals surface area contributed by atoms with Crippen LogP contribution in [0.1, 0.15) is 33.1 Å². The predicted octanol–water partition coefficient (Wildman–Crippen LogP) is 1.90. The first-order valence-corrected chi connectivity index (χ1v) is 4.97. The summed E-state index contributed by atoms with van der Waals surface area (Å²) in [6.07, 6.45) is 4.57. The Balaban J connectivity index is 3.75. The summed E-state index contributed by atoms with van der Waals surface area (Å²) < 4.78 is 4.57. The third-order valence-electron chi connectivity index (χ3n) is 2.24. The van der Waals surface area contributed by atoms with Crippen molar-refractivity contribution in [2.75, 3.05) is 13.7 Å². The van der Waals surface area contributed by atoms with E-state index in [0.717, 1.165) is 19.3 Å². The number of hydrogen-bond acceptors (Lipinski definition) is 3. The fraction of sp³-hybridized carbons (Fsp3) is 0.727. The molecule has 0 amide bonds. The lowest BCUT2D eigenvalue weighted by molar-refractivity contribution is -0.136. The minimum absolute atomic E-state index is 0.237. The molecule has 0 spiro atoms. The third-order valence-corrected chi connectivity index (χ3v) is 2.24. The maximum atomic E-state index is 11.0. The van der Waals surface area contributed by atoms with E-state index in [1.807, 2.05) is 6.08 Å². The number of methoxy groups -OCH3 is 1. The summed E-state index contributed by atoms with van der Waals surface area (Å²) in [4.78, 5) is 11.0. The molecule has 0 fully saturated rings. The minimum atomic E-state index is -0.264. The molecule has 0 rings (SSSR count). The van der Waals surface area contributed by atoms with E-state index in [4.69, 9.17) is 5.11 Å². The summed E-state index contributed by atoms with van der Waals surface area (Å²) in [5.74, 6) is 0.238. The summed E-state index contributed by atoms with van der Waals surface area (Å²) in [6, 6.07) is 0. The van der Waals surface area contributed by atoms with Gasteiger partial charge in [0.1, 0.15) is 0 Å². The highest BCUT2D eigenvalue weighted by atomic mass is 16.5. The molecule has 0 aliphatic carbocycles. The molecular weight excluding hydrogens is 180 g/mol. The molecule has 0 aliphatic rings. The van der Waals surface area contributed by atoms with Gasteiger partial charge in [0.25, 0.3) is 0 Å². The Bertz CT molecular complexity index is 197. The van der Waals surface area contributed by atoms with Gasteiger partial charge < -0.3 is 9.84 Å². The van der Waals surface area contributed by atoms with Crippen molar-refractivity contribution < 1.29 is 14.6 Å². The monoisotopic (exact) mass is 200 g/mol. The first-order chi connectivity index (χ1) is 6.61. The fourth-order valence-corrected chi connectivity index (χ4v) is 1.19. The van der Waals surface area contributed by atoms with E-state index in [-0.39, 0.29) is 12.6 Å². The number of ether oxygens (including phenoxy) is 1. The Kier molecular flexibility index (Phi) is 7.11. The standard InChI is InChI=1S/C11H20O3/c1-9(7-8-12)5-4-6-10(2)11(13)14-3/h6,9,12H,4-5,7-8H2,1-3H3/b10-6+. The van der Waals surface area contributed by atoms with Crippen molar-refractivity contribution in [2.45, 2.75) is 33.1 Å². The Morgan fingerprint density at radius 1 is 1.50 bits per heavy atom. The molecule has 0 aliphatic heterocycles. The molecule has 0 aromatic heterocycles. The highest BCUT2D eigenvalue weighted by molar-refractivity contribution is 5.87. The van der Waals surface area contributed by atoms with Gasteiger partial charge in [0.2, 0.25) is 0 Å². The van der Waals surface area contributed by atoms with E-state index in [0.29, 0.717) is 11.5 Å². The second-order valence-corrected chi connectivity index (χ2v) is 3.57. The zero-order valence-corrected chi connectivity index (χ0v) is 9.25. The van der Waals surface area contributed by atoms with Gasteiger partial charge in [-0.2, -0.15) is 0 Å². The van der Waals surface area contributed by atoms with Gasteiger partial charge in [-0.05, 0) is 32.1 Å². The SMILES string of the molecule is COC(=O)/C(C)=C/CCC(C)CCO. The van der Waals surface area contributed by atoms with Gasteiger partial charge in [0.15, 0.2) is 0 Å². The van der Waals surface area contributed by atoms with Gasteiger partial charge >= 0.3 is 5.97 Å². The average Bonchev–Trinajstić information content (AvgIpc) is 2.16. The van der Waals surface area contributed by atoms with Crippen molar-refractivity contribution >= 4 is 5.97 Å². The number of rotatable bonds is 6. The van der Waals surface area contributed by atoms with Crippen LogP contribution >= 0.6 is 0 Å². The Morgan fingerprint density at radius 3 is 2.64 bits per heavy atom. The molecule has 0 saturated heterocycles. The van der Waals surface area contributed by atoms with E-state index in [1.54, 1.807) is 6.92 Å². The molecule has 0 bridgehead atoms. The van der Waals surface area contributed by atoms with E-state index in [2.05, 4.69) is 11.7 Å². The minimum Gasteiger partial charge on any atom is -0.466 e. The Labute approximate surface area is 85.8 Å². The molecular formula is C11H20O3. The molecule has 0 heterocycles. The van der Waals surface area contributed by atoms with Crippen LogP contribution in [0, 0.1) is 5.92 Å². The van der Waals surface area contributed by atoms with Crippen LogP contribution in [0.15, 0.2) is 11.6 Å². The van der Waals surface area contributed by atoms with Crippen LogP contribution in [0.4, 0.5) is 0 Å². The van der Waals surface area contributed by atoms with Gasteiger partial charge in [-0.3, -0.25) is 0 Å². The quantitative estimate of drug-likeness (QED) is 0.526. The summed E-state index contributed by atoms with van der Waals surface area (Å²) in [5.41, 5.74) is 0.656. The van der Waals surface area contributed by atoms with Gasteiger partial charge in [-0.25, -0.2) is 4.79 Å². The summed E-state index contributed by atoms with van der Waals surface area (Å²) >= 11 is 0. The maximum Gasteiger partial charge on any atom is 0.333 e. The predicted molar refractivity (Wildman–Crippen MR) is 55.9 cm³/mol. The number of aliphatic hydroxyl groups is 1. The first kappa shape index (κ1) is 13.2. The van der Waals surface area contributed by atoms with E-state index in [9.17, 15) is 4.79 Å². The van der Waals surface area contributed by atoms with Crippen LogP contribution < -0.4 is 0 Å². The highest BCUT2D eigenvalue weighted by Crippen LogP contribution is 2.11. The fourth-order valence-electron chi connectivity index (χ4n) is 1.19. The number of esters is 1. The zero-order chi connectivity index (χ0) is 11.0. The summed E-state index contributed by atoms with van der Waals surface area (Å²) in [5, 5.41) is 8.68. The molecule has 1 atom stereocenters. The van der Waals surface area contributed by atoms with Crippen molar-refractivity contribution in [2.24, 2.45) is 5.92 Å². The molecule has 3 heteroatoms. The van der Waals surface area contributed by atoms with Crippen LogP contribution in [0.5, 0.6) is 0 Å². The maximum absolute atomic E-state index is 11.0. The van der Waals surface area contributed by atoms with Crippen molar-refractivity contribution in [1.29, 1.82) is 0 Å². The highest BCUT2D eigenvalue weighted by Gasteiger charge is 2.03. The van der Waals surface area contributed by atoms with Gasteiger partial charge in [0.05, 0.1) is 7.11 Å². The number of hydrogen-bond donors (Lipinski definition) is 1. The van der Waals surface area contributed by atoms with Crippen LogP contribution in [0.3, 0.4) is 0 Å². The number of allylic oxidation sites excluding steroid dienone is 1. The molecule has 1 unspecified atom stereocenters. The molecule has 14 heavy (non-hydrogen) atoms. The number of aliphatic hydroxyl groups excluding tert-OH is 1. The molecule has 0 aromatic carbocycles. The van der Waals surface area contributed by atoms with Crippen LogP contribution in [-0.4, -0.2) is 24.8 Å². The lowest BCUT2D eigenvalue weighted by atomic mass is 10.0. The molecule has 1 N–H and O–H groups in total. The van der Waals surface area contributed by atoms with Gasteiger partial charge in [-0.15, -0.1) is 0 Å². The second kappa shape index (κ2) is 7.56. The largest absolute Gasteiger partial charge is 0.466 e. The van der Waals surface area contributed by atoms with Crippen LogP contribution in [0.2, 0.25) is 0 Å². The Hall–Kier alpha value is -0.830. The van der Waals surface area contributed by atoms with Crippen LogP contribution in [0.25, 0.3) is 0 Å². The summed E-state index contributed by atoms with van der Waals surface area (Å²) in [7, 11) is 1.38. The van der Waals surface area contributed by atoms with Crippen molar-refractivity contribution in [1.82, 2.24) is 0 Å². The lowest BCUT2D eigenvalue weighted by Gasteiger charge is -2.07. The third kappa shape index (κ3) is 5.75. The second-order valence-electron chi connectivity index (χ2n) is 3.57. The molecule has 3 nitrogen and oxygen atoms in total. The average molecular weight is 200 g/mol. The Morgan fingerprint density at radius 2 is 2.14 bits per heavy atom. The van der Waals surface area contributed by atoms with Crippen molar-refractivity contribution in [3.05, 3.63) is 11.6 Å². The van der Waals surface area contributed by atoms with E-state index < -0.39 is 0 Å². The first-order valence-electron chi connectivity index (χ1n) is 4.97. The van der Waals surface area contributed by atoms with Gasteiger partial charge in [-0.1, -0.05) is 13.0 Å². The molecule has 0 saturated carbocycles. The van der Waals surface area contributed by atoms with E-state index in [1.165, 1.54) is 7.11 Å². The topological polar surface area (TPSA) is 46.5 Å². The normalized spacial score (nSPS) is 13.9. The molecule has 0 aromatic rings. The van der Waals surface area contributed by atoms with Crippen molar-refractivity contribution in [3.8, 4) is 0 Å². The number of carbonyl (C=O) groups excluding carboxylic acids is 1. The smallest absolute Gasteiger partial charge is 0.333 e. The molecule has 82 valence electrons.